The van der Waals surface area contributed by atoms with Gasteiger partial charge < -0.3 is 15.0 Å². The number of hydrogen-bond donors (Lipinski definition) is 2. The summed E-state index contributed by atoms with van der Waals surface area (Å²) in [4.78, 5) is 24.8. The van der Waals surface area contributed by atoms with Gasteiger partial charge >= 0.3 is 0 Å². The van der Waals surface area contributed by atoms with Gasteiger partial charge in [-0.15, -0.1) is 10.2 Å². The maximum Gasteiger partial charge on any atom is 0.295 e. The molecule has 0 radical (unpaired) electrons. The van der Waals surface area contributed by atoms with Gasteiger partial charge in [0.25, 0.3) is 11.8 Å². The minimum atomic E-state index is -0.552. The fourth-order valence-electron chi connectivity index (χ4n) is 3.30. The number of benzene rings is 3. The van der Waals surface area contributed by atoms with Gasteiger partial charge in [0.1, 0.15) is 0 Å². The first-order chi connectivity index (χ1) is 14.9. The van der Waals surface area contributed by atoms with Crippen molar-refractivity contribution in [2.24, 2.45) is 17.3 Å². The van der Waals surface area contributed by atoms with E-state index < -0.39 is 5.91 Å². The van der Waals surface area contributed by atoms with Crippen LogP contribution in [0.3, 0.4) is 0 Å². The molecule has 154 valence electrons. The molecule has 3 aromatic carbocycles. The number of carbonyl (C=O) groups excluding carboxylic acids is 2. The summed E-state index contributed by atoms with van der Waals surface area (Å²) in [6.45, 7) is 1.92. The molecule has 1 heterocycles. The molecule has 0 atom stereocenters. The zero-order valence-corrected chi connectivity index (χ0v) is 17.0. The van der Waals surface area contributed by atoms with Crippen molar-refractivity contribution in [3.8, 4) is 5.88 Å². The van der Waals surface area contributed by atoms with Gasteiger partial charge in [0.15, 0.2) is 5.69 Å². The molecular weight excluding hydrogens is 392 g/mol. The second-order valence-corrected chi connectivity index (χ2v) is 7.15. The Labute approximate surface area is 178 Å². The Kier molecular flexibility index (Phi) is 5.32. The molecule has 4 rings (SSSR count). The average Bonchev–Trinajstić information content (AvgIpc) is 3.02. The summed E-state index contributed by atoms with van der Waals surface area (Å²) in [6.07, 6.45) is 0. The highest BCUT2D eigenvalue weighted by molar-refractivity contribution is 6.04. The first-order valence-corrected chi connectivity index (χ1v) is 9.64. The fourth-order valence-corrected chi connectivity index (χ4v) is 3.30. The van der Waals surface area contributed by atoms with Crippen LogP contribution < -0.4 is 5.32 Å². The lowest BCUT2D eigenvalue weighted by molar-refractivity contribution is 0.0993. The molecule has 0 saturated heterocycles. The number of fused-ring (bicyclic) bond motifs is 1. The minimum absolute atomic E-state index is 0.0630. The largest absolute Gasteiger partial charge is 0.493 e. The molecule has 0 aliphatic rings. The SMILES string of the molecule is Cc1cccc(C(=O)Nc2ccc(C(=O)N=Nc3c(O)n(C)c4ccccc34)cc2)c1. The number of amides is 2. The summed E-state index contributed by atoms with van der Waals surface area (Å²) in [5.41, 5.74) is 3.47. The zero-order chi connectivity index (χ0) is 22.0. The minimum Gasteiger partial charge on any atom is -0.493 e. The molecule has 7 heteroatoms. The van der Waals surface area contributed by atoms with Gasteiger partial charge in [-0.2, -0.15) is 0 Å². The summed E-state index contributed by atoms with van der Waals surface area (Å²) < 4.78 is 1.58. The highest BCUT2D eigenvalue weighted by atomic mass is 16.3. The summed E-state index contributed by atoms with van der Waals surface area (Å²) in [5.74, 6) is -0.843. The van der Waals surface area contributed by atoms with Crippen LogP contribution in [0.2, 0.25) is 0 Å². The molecule has 0 fully saturated rings. The number of rotatable bonds is 4. The van der Waals surface area contributed by atoms with E-state index in [2.05, 4.69) is 15.5 Å². The number of carbonyl (C=O) groups is 2. The first kappa shape index (κ1) is 20.0. The highest BCUT2D eigenvalue weighted by Gasteiger charge is 2.14. The average molecular weight is 412 g/mol. The van der Waals surface area contributed by atoms with Crippen molar-refractivity contribution in [2.75, 3.05) is 5.32 Å². The van der Waals surface area contributed by atoms with E-state index in [1.165, 1.54) is 0 Å². The van der Waals surface area contributed by atoms with Gasteiger partial charge in [-0.05, 0) is 49.4 Å². The molecule has 0 unspecified atom stereocenters. The van der Waals surface area contributed by atoms with Gasteiger partial charge in [-0.1, -0.05) is 35.9 Å². The number of anilines is 1. The van der Waals surface area contributed by atoms with Crippen LogP contribution in [0.1, 0.15) is 26.3 Å². The number of azo groups is 1. The monoisotopic (exact) mass is 412 g/mol. The van der Waals surface area contributed by atoms with Crippen molar-refractivity contribution in [3.05, 3.63) is 89.5 Å². The zero-order valence-electron chi connectivity index (χ0n) is 17.0. The van der Waals surface area contributed by atoms with E-state index in [0.29, 0.717) is 22.2 Å². The number of para-hydroxylation sites is 1. The predicted octanol–water partition coefficient (Wildman–Crippen LogP) is 5.37. The molecule has 2 N–H and O–H groups in total. The van der Waals surface area contributed by atoms with Crippen molar-refractivity contribution in [1.82, 2.24) is 4.57 Å². The van der Waals surface area contributed by atoms with Crippen molar-refractivity contribution >= 4 is 34.1 Å². The second kappa shape index (κ2) is 8.23. The van der Waals surface area contributed by atoms with E-state index in [-0.39, 0.29) is 17.5 Å². The molecule has 0 saturated carbocycles. The van der Waals surface area contributed by atoms with E-state index in [1.807, 2.05) is 37.3 Å². The van der Waals surface area contributed by atoms with Gasteiger partial charge in [-0.3, -0.25) is 9.59 Å². The number of aromatic nitrogens is 1. The molecule has 2 amide bonds. The smallest absolute Gasteiger partial charge is 0.295 e. The summed E-state index contributed by atoms with van der Waals surface area (Å²) in [7, 11) is 1.71. The molecule has 7 nitrogen and oxygen atoms in total. The Balaban J connectivity index is 1.49. The Bertz CT molecular complexity index is 1320. The van der Waals surface area contributed by atoms with E-state index in [0.717, 1.165) is 11.1 Å². The van der Waals surface area contributed by atoms with Gasteiger partial charge in [-0.25, -0.2) is 0 Å². The van der Waals surface area contributed by atoms with Crippen LogP contribution in [-0.2, 0) is 7.05 Å². The molecule has 0 aliphatic carbocycles. The molecule has 4 aromatic rings. The topological polar surface area (TPSA) is 96.1 Å². The number of aryl methyl sites for hydroxylation is 2. The molecule has 1 aromatic heterocycles. The Morgan fingerprint density at radius 3 is 2.42 bits per heavy atom. The first-order valence-electron chi connectivity index (χ1n) is 9.64. The Morgan fingerprint density at radius 2 is 1.68 bits per heavy atom. The molecular formula is C24H20N4O3. The lowest BCUT2D eigenvalue weighted by atomic mass is 10.1. The normalized spacial score (nSPS) is 11.2. The van der Waals surface area contributed by atoms with Crippen molar-refractivity contribution in [1.29, 1.82) is 0 Å². The number of hydrogen-bond acceptors (Lipinski definition) is 4. The van der Waals surface area contributed by atoms with Crippen molar-refractivity contribution in [2.45, 2.75) is 6.92 Å². The summed E-state index contributed by atoms with van der Waals surface area (Å²) >= 11 is 0. The van der Waals surface area contributed by atoms with E-state index in [9.17, 15) is 14.7 Å². The predicted molar refractivity (Wildman–Crippen MR) is 119 cm³/mol. The van der Waals surface area contributed by atoms with Crippen LogP contribution >= 0.6 is 0 Å². The van der Waals surface area contributed by atoms with Crippen molar-refractivity contribution in [3.63, 3.8) is 0 Å². The van der Waals surface area contributed by atoms with Crippen molar-refractivity contribution < 1.29 is 14.7 Å². The van der Waals surface area contributed by atoms with E-state index in [1.54, 1.807) is 54.1 Å². The maximum atomic E-state index is 12.4. The van der Waals surface area contributed by atoms with E-state index >= 15 is 0 Å². The third-order valence-corrected chi connectivity index (χ3v) is 4.96. The highest BCUT2D eigenvalue weighted by Crippen LogP contribution is 2.37. The van der Waals surface area contributed by atoms with Crippen LogP contribution in [0, 0.1) is 6.92 Å². The van der Waals surface area contributed by atoms with E-state index in [4.69, 9.17) is 0 Å². The lowest BCUT2D eigenvalue weighted by Gasteiger charge is -2.06. The van der Waals surface area contributed by atoms with Crippen LogP contribution in [0.4, 0.5) is 11.4 Å². The molecule has 0 aliphatic heterocycles. The fraction of sp³-hybridized carbons (Fsp3) is 0.0833. The van der Waals surface area contributed by atoms with Gasteiger partial charge in [0.05, 0.1) is 5.52 Å². The van der Waals surface area contributed by atoms with Crippen LogP contribution in [0.15, 0.2) is 83.0 Å². The number of aromatic hydroxyl groups is 1. The Hall–Kier alpha value is -4.26. The molecule has 0 spiro atoms. The molecule has 31 heavy (non-hydrogen) atoms. The van der Waals surface area contributed by atoms with Crippen LogP contribution in [0.25, 0.3) is 10.9 Å². The third kappa shape index (κ3) is 4.06. The number of nitrogens with one attached hydrogen (secondary N) is 1. The quantitative estimate of drug-likeness (QED) is 0.441. The standard InChI is InChI=1S/C24H20N4O3/c1-15-6-5-7-17(14-15)22(29)25-18-12-10-16(11-13-18)23(30)27-26-21-19-8-3-4-9-20(19)28(2)24(21)31/h3-14,31H,1-2H3,(H,25,29). The van der Waals surface area contributed by atoms with Gasteiger partial charge in [0, 0.05) is 29.2 Å². The van der Waals surface area contributed by atoms with Crippen LogP contribution in [0.5, 0.6) is 5.88 Å². The summed E-state index contributed by atoms with van der Waals surface area (Å²) in [6, 6.07) is 21.0. The number of nitrogens with zero attached hydrogens (tertiary/aromatic N) is 3. The molecule has 0 bridgehead atoms. The maximum absolute atomic E-state index is 12.4. The second-order valence-electron chi connectivity index (χ2n) is 7.15. The van der Waals surface area contributed by atoms with Crippen LogP contribution in [-0.4, -0.2) is 21.5 Å². The summed E-state index contributed by atoms with van der Waals surface area (Å²) in [5, 5.41) is 21.5. The van der Waals surface area contributed by atoms with Gasteiger partial charge in [0.2, 0.25) is 5.88 Å². The lowest BCUT2D eigenvalue weighted by Crippen LogP contribution is -2.12. The Morgan fingerprint density at radius 1 is 0.935 bits per heavy atom. The third-order valence-electron chi connectivity index (χ3n) is 4.96.